The summed E-state index contributed by atoms with van der Waals surface area (Å²) in [7, 11) is 0. The molecule has 1 heterocycles. The summed E-state index contributed by atoms with van der Waals surface area (Å²) in [5.41, 5.74) is 6.84. The molecule has 1 aromatic heterocycles. The third-order valence-electron chi connectivity index (χ3n) is 3.11. The minimum Gasteiger partial charge on any atom is -0.383 e. The molecule has 0 saturated carbocycles. The van der Waals surface area contributed by atoms with Gasteiger partial charge < -0.3 is 11.1 Å². The predicted molar refractivity (Wildman–Crippen MR) is 88.6 cm³/mol. The molecule has 0 unspecified atom stereocenters. The molecule has 0 aliphatic rings. The van der Waals surface area contributed by atoms with Crippen molar-refractivity contribution in [2.75, 3.05) is 16.8 Å². The van der Waals surface area contributed by atoms with Crippen LogP contribution in [0.5, 0.6) is 0 Å². The molecule has 0 radical (unpaired) electrons. The van der Waals surface area contributed by atoms with Gasteiger partial charge in [-0.3, -0.25) is 4.79 Å². The fourth-order valence-corrected chi connectivity index (χ4v) is 2.82. The summed E-state index contributed by atoms with van der Waals surface area (Å²) in [5, 5.41) is 21.1. The van der Waals surface area contributed by atoms with Gasteiger partial charge in [0.2, 0.25) is 5.91 Å². The summed E-state index contributed by atoms with van der Waals surface area (Å²) in [5.74, 6) is -0.855. The van der Waals surface area contributed by atoms with Crippen molar-refractivity contribution >= 4 is 29.2 Å². The Kier molecular flexibility index (Phi) is 5.35. The van der Waals surface area contributed by atoms with E-state index in [0.29, 0.717) is 11.3 Å². The molecule has 3 N–H and O–H groups in total. The number of benzene rings is 1. The lowest BCUT2D eigenvalue weighted by molar-refractivity contribution is -0.113. The maximum atomic E-state index is 13.1. The number of carbonyl (C=O) groups is 1. The predicted octanol–water partition coefficient (Wildman–Crippen LogP) is 2.59. The van der Waals surface area contributed by atoms with Gasteiger partial charge in [0.25, 0.3) is 0 Å². The number of aromatic nitrogens is 1. The largest absolute Gasteiger partial charge is 0.383 e. The number of pyridine rings is 1. The fraction of sp³-hybridized carbons (Fsp3) is 0.125. The van der Waals surface area contributed by atoms with Crippen LogP contribution in [-0.4, -0.2) is 16.6 Å². The van der Waals surface area contributed by atoms with E-state index < -0.39 is 5.82 Å². The molecule has 120 valence electrons. The van der Waals surface area contributed by atoms with E-state index in [4.69, 9.17) is 11.0 Å². The number of nitrogen functional groups attached to an aromatic ring is 1. The van der Waals surface area contributed by atoms with Crippen LogP contribution >= 0.6 is 11.8 Å². The Morgan fingerprint density at radius 2 is 2.08 bits per heavy atom. The van der Waals surface area contributed by atoms with Crippen LogP contribution in [0.1, 0.15) is 16.7 Å². The molecule has 0 saturated heterocycles. The summed E-state index contributed by atoms with van der Waals surface area (Å²) in [4.78, 5) is 16.0. The molecule has 0 spiro atoms. The highest BCUT2D eigenvalue weighted by Crippen LogP contribution is 2.27. The molecular weight excluding hydrogens is 329 g/mol. The highest BCUT2D eigenvalue weighted by atomic mass is 32.2. The van der Waals surface area contributed by atoms with Gasteiger partial charge in [-0.1, -0.05) is 17.8 Å². The lowest BCUT2D eigenvalue weighted by atomic mass is 10.1. The lowest BCUT2D eigenvalue weighted by Gasteiger charge is -2.09. The Morgan fingerprint density at radius 1 is 1.38 bits per heavy atom. The summed E-state index contributed by atoms with van der Waals surface area (Å²) in [6, 6.07) is 9.40. The zero-order valence-corrected chi connectivity index (χ0v) is 13.4. The second-order valence-corrected chi connectivity index (χ2v) is 5.71. The number of hydrogen-bond acceptors (Lipinski definition) is 6. The van der Waals surface area contributed by atoms with Gasteiger partial charge >= 0.3 is 0 Å². The van der Waals surface area contributed by atoms with E-state index in [1.165, 1.54) is 18.2 Å². The standard InChI is InChI=1S/C16H12FN5OS/c1-9-12(6-18)15(20)22-16(13(9)7-19)24-8-14(23)21-11-4-2-3-10(17)5-11/h2-5H,8H2,1H3,(H2,20,22)(H,21,23). The molecular formula is C16H12FN5OS. The highest BCUT2D eigenvalue weighted by molar-refractivity contribution is 8.00. The molecule has 2 rings (SSSR count). The quantitative estimate of drug-likeness (QED) is 0.826. The normalized spacial score (nSPS) is 9.83. The van der Waals surface area contributed by atoms with Crippen molar-refractivity contribution in [1.82, 2.24) is 4.98 Å². The third kappa shape index (κ3) is 3.80. The zero-order chi connectivity index (χ0) is 17.7. The second kappa shape index (κ2) is 7.44. The lowest BCUT2D eigenvalue weighted by Crippen LogP contribution is -2.14. The van der Waals surface area contributed by atoms with Crippen molar-refractivity contribution < 1.29 is 9.18 Å². The topological polar surface area (TPSA) is 116 Å². The van der Waals surface area contributed by atoms with E-state index in [9.17, 15) is 14.4 Å². The van der Waals surface area contributed by atoms with E-state index in [1.54, 1.807) is 13.0 Å². The summed E-state index contributed by atoms with van der Waals surface area (Å²) in [6.45, 7) is 1.60. The summed E-state index contributed by atoms with van der Waals surface area (Å²) in [6.07, 6.45) is 0. The zero-order valence-electron chi connectivity index (χ0n) is 12.6. The molecule has 24 heavy (non-hydrogen) atoms. The Morgan fingerprint density at radius 3 is 2.71 bits per heavy atom. The summed E-state index contributed by atoms with van der Waals surface area (Å²) < 4.78 is 13.1. The van der Waals surface area contributed by atoms with E-state index in [1.807, 2.05) is 12.1 Å². The Bertz CT molecular complexity index is 885. The number of amides is 1. The minimum atomic E-state index is -0.454. The smallest absolute Gasteiger partial charge is 0.234 e. The molecule has 0 aliphatic carbocycles. The average Bonchev–Trinajstić information content (AvgIpc) is 2.53. The van der Waals surface area contributed by atoms with Gasteiger partial charge in [0, 0.05) is 5.69 Å². The fourth-order valence-electron chi connectivity index (χ4n) is 1.97. The molecule has 6 nitrogen and oxygen atoms in total. The molecule has 0 aliphatic heterocycles. The first kappa shape index (κ1) is 17.3. The first-order chi connectivity index (χ1) is 11.5. The van der Waals surface area contributed by atoms with Gasteiger partial charge in [-0.2, -0.15) is 10.5 Å². The van der Waals surface area contributed by atoms with Crippen LogP contribution in [0.2, 0.25) is 0 Å². The first-order valence-electron chi connectivity index (χ1n) is 6.74. The molecule has 0 fully saturated rings. The van der Waals surface area contributed by atoms with Crippen LogP contribution in [0, 0.1) is 35.4 Å². The number of carbonyl (C=O) groups excluding carboxylic acids is 1. The Hall–Kier alpha value is -3.10. The number of hydrogen-bond donors (Lipinski definition) is 2. The van der Waals surface area contributed by atoms with Crippen LogP contribution in [0.25, 0.3) is 0 Å². The molecule has 8 heteroatoms. The number of nitrogens with zero attached hydrogens (tertiary/aromatic N) is 3. The maximum Gasteiger partial charge on any atom is 0.234 e. The van der Waals surface area contributed by atoms with Crippen molar-refractivity contribution in [2.24, 2.45) is 0 Å². The van der Waals surface area contributed by atoms with Crippen LogP contribution in [0.4, 0.5) is 15.9 Å². The summed E-state index contributed by atoms with van der Waals surface area (Å²) >= 11 is 1.02. The molecule has 2 aromatic rings. The number of nitrogens with two attached hydrogens (primary N) is 1. The van der Waals surface area contributed by atoms with Gasteiger partial charge in [0.1, 0.15) is 28.8 Å². The van der Waals surface area contributed by atoms with Crippen molar-refractivity contribution in [3.05, 3.63) is 46.8 Å². The highest BCUT2D eigenvalue weighted by Gasteiger charge is 2.16. The second-order valence-electron chi connectivity index (χ2n) is 4.75. The van der Waals surface area contributed by atoms with Crippen LogP contribution in [0.3, 0.4) is 0 Å². The van der Waals surface area contributed by atoms with E-state index in [2.05, 4.69) is 10.3 Å². The average molecular weight is 341 g/mol. The number of rotatable bonds is 4. The molecule has 1 amide bonds. The van der Waals surface area contributed by atoms with Crippen molar-refractivity contribution in [2.45, 2.75) is 11.9 Å². The minimum absolute atomic E-state index is 0.0158. The maximum absolute atomic E-state index is 13.1. The SMILES string of the molecule is Cc1c(C#N)c(N)nc(SCC(=O)Nc2cccc(F)c2)c1C#N. The van der Waals surface area contributed by atoms with E-state index in [-0.39, 0.29) is 33.6 Å². The Labute approximate surface area is 142 Å². The van der Waals surface area contributed by atoms with Gasteiger partial charge in [-0.25, -0.2) is 9.37 Å². The number of nitriles is 2. The monoisotopic (exact) mass is 341 g/mol. The van der Waals surface area contributed by atoms with Crippen LogP contribution < -0.4 is 11.1 Å². The van der Waals surface area contributed by atoms with Gasteiger partial charge in [-0.15, -0.1) is 0 Å². The number of anilines is 2. The van der Waals surface area contributed by atoms with Gasteiger partial charge in [-0.05, 0) is 30.7 Å². The van der Waals surface area contributed by atoms with Crippen molar-refractivity contribution in [3.63, 3.8) is 0 Å². The van der Waals surface area contributed by atoms with E-state index >= 15 is 0 Å². The van der Waals surface area contributed by atoms with Crippen LogP contribution in [-0.2, 0) is 4.79 Å². The number of nitrogens with one attached hydrogen (secondary N) is 1. The van der Waals surface area contributed by atoms with Gasteiger partial charge in [0.05, 0.1) is 16.9 Å². The number of halogens is 1. The van der Waals surface area contributed by atoms with E-state index in [0.717, 1.165) is 11.8 Å². The molecule has 0 atom stereocenters. The van der Waals surface area contributed by atoms with Crippen molar-refractivity contribution in [3.8, 4) is 12.1 Å². The van der Waals surface area contributed by atoms with Gasteiger partial charge in [0.15, 0.2) is 0 Å². The Balaban J connectivity index is 2.13. The third-order valence-corrected chi connectivity index (χ3v) is 4.09. The first-order valence-corrected chi connectivity index (χ1v) is 7.73. The van der Waals surface area contributed by atoms with Crippen LogP contribution in [0.15, 0.2) is 29.3 Å². The molecule has 0 bridgehead atoms. The molecule has 1 aromatic carbocycles. The van der Waals surface area contributed by atoms with Crippen molar-refractivity contribution in [1.29, 1.82) is 10.5 Å². The number of thioether (sulfide) groups is 1.